The van der Waals surface area contributed by atoms with Crippen molar-refractivity contribution < 1.29 is 5.11 Å². The van der Waals surface area contributed by atoms with Crippen LogP contribution in [0.15, 0.2) is 30.3 Å². The fourth-order valence-electron chi connectivity index (χ4n) is 2.24. The maximum absolute atomic E-state index is 9.75. The quantitative estimate of drug-likeness (QED) is 0.869. The molecule has 96 valence electrons. The first kappa shape index (κ1) is 13.0. The van der Waals surface area contributed by atoms with Crippen molar-refractivity contribution >= 4 is 10.9 Å². The molecular weight excluding hydrogens is 222 g/mol. The summed E-state index contributed by atoms with van der Waals surface area (Å²) in [5.41, 5.74) is 3.38. The average molecular weight is 243 g/mol. The Morgan fingerprint density at radius 2 is 2.00 bits per heavy atom. The van der Waals surface area contributed by atoms with Crippen LogP contribution in [0.25, 0.3) is 10.9 Å². The molecule has 2 heteroatoms. The van der Waals surface area contributed by atoms with Gasteiger partial charge in [-0.05, 0) is 49.9 Å². The molecule has 0 saturated heterocycles. The van der Waals surface area contributed by atoms with E-state index in [0.29, 0.717) is 0 Å². The molecule has 0 aliphatic carbocycles. The van der Waals surface area contributed by atoms with E-state index >= 15 is 0 Å². The SMILES string of the molecule is CCCC(O)CCc1ccc2nc(C)ccc2c1. The van der Waals surface area contributed by atoms with Crippen molar-refractivity contribution in [3.63, 3.8) is 0 Å². The smallest absolute Gasteiger partial charge is 0.0705 e. The summed E-state index contributed by atoms with van der Waals surface area (Å²) in [4.78, 5) is 4.49. The number of hydrogen-bond donors (Lipinski definition) is 1. The van der Waals surface area contributed by atoms with Crippen molar-refractivity contribution in [2.75, 3.05) is 0 Å². The number of rotatable bonds is 5. The minimum Gasteiger partial charge on any atom is -0.393 e. The molecule has 2 aromatic rings. The molecule has 18 heavy (non-hydrogen) atoms. The van der Waals surface area contributed by atoms with E-state index in [1.54, 1.807) is 0 Å². The fraction of sp³-hybridized carbons (Fsp3) is 0.438. The zero-order valence-corrected chi connectivity index (χ0v) is 11.2. The van der Waals surface area contributed by atoms with Gasteiger partial charge in [0.05, 0.1) is 11.6 Å². The molecule has 0 fully saturated rings. The highest BCUT2D eigenvalue weighted by atomic mass is 16.3. The van der Waals surface area contributed by atoms with Crippen LogP contribution in [-0.4, -0.2) is 16.2 Å². The molecule has 0 aliphatic rings. The summed E-state index contributed by atoms with van der Waals surface area (Å²) in [6.07, 6.45) is 3.56. The van der Waals surface area contributed by atoms with Gasteiger partial charge < -0.3 is 5.11 Å². The van der Waals surface area contributed by atoms with Gasteiger partial charge >= 0.3 is 0 Å². The van der Waals surface area contributed by atoms with Crippen molar-refractivity contribution in [3.8, 4) is 0 Å². The van der Waals surface area contributed by atoms with Crippen molar-refractivity contribution in [3.05, 3.63) is 41.6 Å². The number of pyridine rings is 1. The number of benzene rings is 1. The second-order valence-electron chi connectivity index (χ2n) is 4.96. The largest absolute Gasteiger partial charge is 0.393 e. The Morgan fingerprint density at radius 3 is 2.78 bits per heavy atom. The maximum atomic E-state index is 9.75. The van der Waals surface area contributed by atoms with Crippen LogP contribution in [-0.2, 0) is 6.42 Å². The van der Waals surface area contributed by atoms with Gasteiger partial charge in [-0.2, -0.15) is 0 Å². The minimum absolute atomic E-state index is 0.165. The zero-order valence-electron chi connectivity index (χ0n) is 11.2. The summed E-state index contributed by atoms with van der Waals surface area (Å²) < 4.78 is 0. The third-order valence-electron chi connectivity index (χ3n) is 3.28. The Labute approximate surface area is 109 Å². The number of aryl methyl sites for hydroxylation is 2. The van der Waals surface area contributed by atoms with Gasteiger partial charge in [0.25, 0.3) is 0 Å². The van der Waals surface area contributed by atoms with Crippen LogP contribution in [0, 0.1) is 6.92 Å². The molecule has 2 nitrogen and oxygen atoms in total. The van der Waals surface area contributed by atoms with E-state index in [0.717, 1.165) is 36.9 Å². The molecule has 0 spiro atoms. The lowest BCUT2D eigenvalue weighted by molar-refractivity contribution is 0.154. The van der Waals surface area contributed by atoms with Gasteiger partial charge in [-0.1, -0.05) is 25.5 Å². The lowest BCUT2D eigenvalue weighted by Crippen LogP contribution is -2.07. The Kier molecular flexibility index (Phi) is 4.32. The number of aliphatic hydroxyl groups excluding tert-OH is 1. The van der Waals surface area contributed by atoms with Gasteiger partial charge in [0.15, 0.2) is 0 Å². The van der Waals surface area contributed by atoms with Crippen LogP contribution < -0.4 is 0 Å². The summed E-state index contributed by atoms with van der Waals surface area (Å²) in [5, 5.41) is 10.9. The number of hydrogen-bond acceptors (Lipinski definition) is 2. The van der Waals surface area contributed by atoms with E-state index in [1.165, 1.54) is 10.9 Å². The van der Waals surface area contributed by atoms with Gasteiger partial charge in [0.2, 0.25) is 0 Å². The molecule has 1 aromatic heterocycles. The standard InChI is InChI=1S/C16H21NO/c1-3-4-15(18)9-6-13-7-10-16-14(11-13)8-5-12(2)17-16/h5,7-8,10-11,15,18H,3-4,6,9H2,1-2H3. The van der Waals surface area contributed by atoms with E-state index in [-0.39, 0.29) is 6.10 Å². The van der Waals surface area contributed by atoms with E-state index < -0.39 is 0 Å². The second kappa shape index (κ2) is 5.96. The molecular formula is C16H21NO. The summed E-state index contributed by atoms with van der Waals surface area (Å²) in [6, 6.07) is 10.5. The van der Waals surface area contributed by atoms with Crippen LogP contribution in [0.4, 0.5) is 0 Å². The number of nitrogens with zero attached hydrogens (tertiary/aromatic N) is 1. The van der Waals surface area contributed by atoms with E-state index in [9.17, 15) is 5.11 Å². The van der Waals surface area contributed by atoms with Crippen LogP contribution in [0.5, 0.6) is 0 Å². The third kappa shape index (κ3) is 3.30. The predicted octanol–water partition coefficient (Wildman–Crippen LogP) is 3.64. The van der Waals surface area contributed by atoms with Crippen molar-refractivity contribution in [1.82, 2.24) is 4.98 Å². The van der Waals surface area contributed by atoms with E-state index in [4.69, 9.17) is 0 Å². The Morgan fingerprint density at radius 1 is 1.17 bits per heavy atom. The first-order chi connectivity index (χ1) is 8.69. The summed E-state index contributed by atoms with van der Waals surface area (Å²) in [7, 11) is 0. The van der Waals surface area contributed by atoms with Crippen molar-refractivity contribution in [1.29, 1.82) is 0 Å². The number of aliphatic hydroxyl groups is 1. The molecule has 2 rings (SSSR count). The first-order valence-electron chi connectivity index (χ1n) is 6.73. The molecule has 1 atom stereocenters. The molecule has 0 saturated carbocycles. The first-order valence-corrected chi connectivity index (χ1v) is 6.73. The molecule has 0 bridgehead atoms. The molecule has 1 unspecified atom stereocenters. The molecule has 1 heterocycles. The Hall–Kier alpha value is -1.41. The number of fused-ring (bicyclic) bond motifs is 1. The van der Waals surface area contributed by atoms with E-state index in [1.807, 2.05) is 13.0 Å². The molecule has 0 amide bonds. The predicted molar refractivity (Wildman–Crippen MR) is 75.7 cm³/mol. The number of aromatic nitrogens is 1. The Bertz CT molecular complexity index is 521. The van der Waals surface area contributed by atoms with Crippen molar-refractivity contribution in [2.24, 2.45) is 0 Å². The van der Waals surface area contributed by atoms with Crippen LogP contribution in [0.3, 0.4) is 0 Å². The van der Waals surface area contributed by atoms with Crippen molar-refractivity contribution in [2.45, 2.75) is 45.6 Å². The topological polar surface area (TPSA) is 33.1 Å². The monoisotopic (exact) mass is 243 g/mol. The van der Waals surface area contributed by atoms with Crippen LogP contribution in [0.1, 0.15) is 37.4 Å². The lowest BCUT2D eigenvalue weighted by atomic mass is 10.0. The van der Waals surface area contributed by atoms with Gasteiger partial charge in [0, 0.05) is 11.1 Å². The summed E-state index contributed by atoms with van der Waals surface area (Å²) in [5.74, 6) is 0. The van der Waals surface area contributed by atoms with Crippen LogP contribution >= 0.6 is 0 Å². The Balaban J connectivity index is 2.08. The van der Waals surface area contributed by atoms with E-state index in [2.05, 4.69) is 36.2 Å². The van der Waals surface area contributed by atoms with Gasteiger partial charge in [-0.25, -0.2) is 0 Å². The lowest BCUT2D eigenvalue weighted by Gasteiger charge is -2.09. The zero-order chi connectivity index (χ0) is 13.0. The second-order valence-corrected chi connectivity index (χ2v) is 4.96. The highest BCUT2D eigenvalue weighted by molar-refractivity contribution is 5.79. The minimum atomic E-state index is -0.165. The maximum Gasteiger partial charge on any atom is 0.0705 e. The highest BCUT2D eigenvalue weighted by Gasteiger charge is 2.04. The van der Waals surface area contributed by atoms with Gasteiger partial charge in [0.1, 0.15) is 0 Å². The average Bonchev–Trinajstić information content (AvgIpc) is 2.36. The van der Waals surface area contributed by atoms with Gasteiger partial charge in [-0.3, -0.25) is 4.98 Å². The summed E-state index contributed by atoms with van der Waals surface area (Å²) >= 11 is 0. The summed E-state index contributed by atoms with van der Waals surface area (Å²) in [6.45, 7) is 4.11. The fourth-order valence-corrected chi connectivity index (χ4v) is 2.24. The normalized spacial score (nSPS) is 12.8. The molecule has 0 aliphatic heterocycles. The van der Waals surface area contributed by atoms with Crippen LogP contribution in [0.2, 0.25) is 0 Å². The highest BCUT2D eigenvalue weighted by Crippen LogP contribution is 2.17. The molecule has 1 N–H and O–H groups in total. The molecule has 0 radical (unpaired) electrons. The third-order valence-corrected chi connectivity index (χ3v) is 3.28. The molecule has 1 aromatic carbocycles. The van der Waals surface area contributed by atoms with Gasteiger partial charge in [-0.15, -0.1) is 0 Å².